The average molecular weight is 494 g/mol. The van der Waals surface area contributed by atoms with Crippen molar-refractivity contribution >= 4 is 44.2 Å². The average Bonchev–Trinajstić information content (AvgIpc) is 2.40. The Morgan fingerprint density at radius 2 is 1.65 bits per heavy atom. The molecule has 0 bridgehead atoms. The summed E-state index contributed by atoms with van der Waals surface area (Å²) in [6.45, 7) is 10.8. The summed E-state index contributed by atoms with van der Waals surface area (Å²) in [5.41, 5.74) is 0.456. The Morgan fingerprint density at radius 1 is 1.12 bits per heavy atom. The normalized spacial score (nSPS) is 12.7. The molecular formula is C19H31IN2O3S. The number of carbonyl (C=O) groups is 1. The van der Waals surface area contributed by atoms with Crippen molar-refractivity contribution < 1.29 is 13.2 Å². The van der Waals surface area contributed by atoms with Crippen molar-refractivity contribution in [3.05, 3.63) is 27.8 Å². The number of hydrogen-bond acceptors (Lipinski definition) is 3. The van der Waals surface area contributed by atoms with Crippen LogP contribution in [-0.4, -0.2) is 32.7 Å². The molecule has 0 saturated carbocycles. The number of nitrogens with zero attached hydrogens (tertiary/aromatic N) is 1. The zero-order chi connectivity index (χ0) is 20.2. The Hall–Kier alpha value is -0.830. The van der Waals surface area contributed by atoms with Crippen LogP contribution in [0.25, 0.3) is 0 Å². The quantitative estimate of drug-likeness (QED) is 0.552. The molecule has 0 aliphatic rings. The zero-order valence-corrected chi connectivity index (χ0v) is 19.6. The van der Waals surface area contributed by atoms with Gasteiger partial charge in [-0.2, -0.15) is 0 Å². The molecule has 148 valence electrons. The number of benzene rings is 1. The maximum absolute atomic E-state index is 12.3. The van der Waals surface area contributed by atoms with E-state index in [1.165, 1.54) is 10.6 Å². The molecule has 0 atom stereocenters. The van der Waals surface area contributed by atoms with Crippen molar-refractivity contribution in [2.75, 3.05) is 17.1 Å². The molecule has 0 aliphatic carbocycles. The highest BCUT2D eigenvalue weighted by Crippen LogP contribution is 2.27. The third kappa shape index (κ3) is 8.70. The van der Waals surface area contributed by atoms with E-state index in [9.17, 15) is 13.2 Å². The number of hydrogen-bond donors (Lipinski definition) is 1. The number of carbonyl (C=O) groups excluding carboxylic acids is 1. The van der Waals surface area contributed by atoms with E-state index in [0.717, 1.165) is 9.99 Å². The molecule has 0 spiro atoms. The highest BCUT2D eigenvalue weighted by Gasteiger charge is 2.27. The molecule has 7 heteroatoms. The highest BCUT2D eigenvalue weighted by molar-refractivity contribution is 14.1. The van der Waals surface area contributed by atoms with Gasteiger partial charge in [0.15, 0.2) is 0 Å². The van der Waals surface area contributed by atoms with Crippen LogP contribution >= 0.6 is 22.6 Å². The van der Waals surface area contributed by atoms with Gasteiger partial charge in [-0.25, -0.2) is 8.42 Å². The minimum absolute atomic E-state index is 0.0460. The summed E-state index contributed by atoms with van der Waals surface area (Å²) in [5, 5.41) is 3.06. The molecule has 1 N–H and O–H groups in total. The van der Waals surface area contributed by atoms with Crippen LogP contribution in [0.3, 0.4) is 0 Å². The van der Waals surface area contributed by atoms with Crippen LogP contribution in [-0.2, 0) is 14.8 Å². The molecule has 1 amide bonds. The standard InChI is InChI=1S/C19H31IN2O3S/c1-18(2,3)14-19(4,5)21-17(23)8-7-13-22(26(6,24)25)16-11-9-15(20)10-12-16/h9-12H,7-8,13-14H2,1-6H3,(H,21,23). The van der Waals surface area contributed by atoms with Crippen LogP contribution in [0, 0.1) is 8.99 Å². The second kappa shape index (κ2) is 8.91. The zero-order valence-electron chi connectivity index (χ0n) is 16.6. The summed E-state index contributed by atoms with van der Waals surface area (Å²) in [4.78, 5) is 12.3. The fraction of sp³-hybridized carbons (Fsp3) is 0.632. The van der Waals surface area contributed by atoms with Gasteiger partial charge in [0.25, 0.3) is 0 Å². The van der Waals surface area contributed by atoms with Crippen molar-refractivity contribution in [3.8, 4) is 0 Å². The van der Waals surface area contributed by atoms with Crippen LogP contribution in [0.1, 0.15) is 53.9 Å². The number of amides is 1. The molecule has 1 rings (SSSR count). The van der Waals surface area contributed by atoms with Gasteiger partial charge in [0.05, 0.1) is 11.9 Å². The molecule has 26 heavy (non-hydrogen) atoms. The van der Waals surface area contributed by atoms with Crippen LogP contribution in [0.5, 0.6) is 0 Å². The number of rotatable bonds is 8. The predicted octanol–water partition coefficient (Wildman–Crippen LogP) is 4.17. The first-order valence-corrected chi connectivity index (χ1v) is 11.7. The molecule has 0 radical (unpaired) electrons. The van der Waals surface area contributed by atoms with E-state index >= 15 is 0 Å². The molecule has 1 aromatic rings. The van der Waals surface area contributed by atoms with Crippen molar-refractivity contribution in [2.24, 2.45) is 5.41 Å². The lowest BCUT2D eigenvalue weighted by Crippen LogP contribution is -2.46. The van der Waals surface area contributed by atoms with Crippen molar-refractivity contribution in [1.82, 2.24) is 5.32 Å². The van der Waals surface area contributed by atoms with Crippen LogP contribution in [0.4, 0.5) is 5.69 Å². The predicted molar refractivity (Wildman–Crippen MR) is 117 cm³/mol. The lowest BCUT2D eigenvalue weighted by molar-refractivity contribution is -0.123. The smallest absolute Gasteiger partial charge is 0.232 e. The van der Waals surface area contributed by atoms with Gasteiger partial charge in [-0.15, -0.1) is 0 Å². The largest absolute Gasteiger partial charge is 0.351 e. The monoisotopic (exact) mass is 494 g/mol. The van der Waals surface area contributed by atoms with E-state index < -0.39 is 10.0 Å². The molecule has 0 heterocycles. The third-order valence-electron chi connectivity index (χ3n) is 3.73. The van der Waals surface area contributed by atoms with Crippen molar-refractivity contribution in [1.29, 1.82) is 0 Å². The van der Waals surface area contributed by atoms with Gasteiger partial charge in [-0.3, -0.25) is 9.10 Å². The first-order valence-electron chi connectivity index (χ1n) is 8.74. The molecule has 0 saturated heterocycles. The first kappa shape index (κ1) is 23.2. The molecule has 0 unspecified atom stereocenters. The summed E-state index contributed by atoms with van der Waals surface area (Å²) in [7, 11) is -3.39. The van der Waals surface area contributed by atoms with Crippen LogP contribution in [0.2, 0.25) is 0 Å². The maximum atomic E-state index is 12.3. The fourth-order valence-electron chi connectivity index (χ4n) is 3.29. The Balaban J connectivity index is 2.65. The molecule has 1 aromatic carbocycles. The Morgan fingerprint density at radius 3 is 2.12 bits per heavy atom. The summed E-state index contributed by atoms with van der Waals surface area (Å²) in [6, 6.07) is 7.32. The van der Waals surface area contributed by atoms with Gasteiger partial charge >= 0.3 is 0 Å². The lowest BCUT2D eigenvalue weighted by Gasteiger charge is -2.33. The molecule has 5 nitrogen and oxygen atoms in total. The Labute approximate surface area is 172 Å². The van der Waals surface area contributed by atoms with E-state index in [2.05, 4.69) is 48.7 Å². The van der Waals surface area contributed by atoms with Gasteiger partial charge in [0.2, 0.25) is 15.9 Å². The SMILES string of the molecule is CC(C)(C)CC(C)(C)NC(=O)CCCN(c1ccc(I)cc1)S(C)(=O)=O. The van der Waals surface area contributed by atoms with Gasteiger partial charge in [0, 0.05) is 22.1 Å². The second-order valence-electron chi connectivity index (χ2n) is 8.58. The lowest BCUT2D eigenvalue weighted by atomic mass is 9.82. The summed E-state index contributed by atoms with van der Waals surface area (Å²) in [6.07, 6.45) is 2.82. The molecule has 0 aliphatic heterocycles. The first-order chi connectivity index (χ1) is 11.7. The van der Waals surface area contributed by atoms with Crippen LogP contribution < -0.4 is 9.62 Å². The number of nitrogens with one attached hydrogen (secondary N) is 1. The van der Waals surface area contributed by atoms with E-state index in [1.807, 2.05) is 26.0 Å². The molecule has 0 fully saturated rings. The summed E-state index contributed by atoms with van der Waals surface area (Å²) >= 11 is 2.18. The highest BCUT2D eigenvalue weighted by atomic mass is 127. The van der Waals surface area contributed by atoms with E-state index in [-0.39, 0.29) is 23.4 Å². The van der Waals surface area contributed by atoms with Gasteiger partial charge in [-0.1, -0.05) is 20.8 Å². The van der Waals surface area contributed by atoms with Crippen molar-refractivity contribution in [2.45, 2.75) is 59.4 Å². The summed E-state index contributed by atoms with van der Waals surface area (Å²) in [5.74, 6) is -0.0460. The maximum Gasteiger partial charge on any atom is 0.232 e. The van der Waals surface area contributed by atoms with E-state index in [4.69, 9.17) is 0 Å². The van der Waals surface area contributed by atoms with Gasteiger partial charge in [-0.05, 0) is 79.0 Å². The third-order valence-corrected chi connectivity index (χ3v) is 5.64. The summed E-state index contributed by atoms with van der Waals surface area (Å²) < 4.78 is 26.6. The van der Waals surface area contributed by atoms with E-state index in [1.54, 1.807) is 12.1 Å². The topological polar surface area (TPSA) is 66.5 Å². The van der Waals surface area contributed by atoms with Gasteiger partial charge < -0.3 is 5.32 Å². The molecule has 0 aromatic heterocycles. The van der Waals surface area contributed by atoms with Crippen molar-refractivity contribution in [3.63, 3.8) is 0 Å². The van der Waals surface area contributed by atoms with Gasteiger partial charge in [0.1, 0.15) is 0 Å². The minimum atomic E-state index is -3.39. The number of sulfonamides is 1. The Bertz CT molecular complexity index is 707. The molecular weight excluding hydrogens is 463 g/mol. The van der Waals surface area contributed by atoms with E-state index in [0.29, 0.717) is 18.5 Å². The fourth-order valence-corrected chi connectivity index (χ4v) is 4.61. The Kier molecular flexibility index (Phi) is 7.95. The second-order valence-corrected chi connectivity index (χ2v) is 11.7. The van der Waals surface area contributed by atoms with Crippen LogP contribution in [0.15, 0.2) is 24.3 Å². The minimum Gasteiger partial charge on any atom is -0.351 e. The number of anilines is 1. The number of halogens is 1.